The third kappa shape index (κ3) is 3.13. The lowest BCUT2D eigenvalue weighted by Gasteiger charge is -2.25. The van der Waals surface area contributed by atoms with Crippen molar-refractivity contribution in [3.8, 4) is 0 Å². The van der Waals surface area contributed by atoms with Crippen LogP contribution < -0.4 is 0 Å². The van der Waals surface area contributed by atoms with Gasteiger partial charge in [-0.2, -0.15) is 0 Å². The van der Waals surface area contributed by atoms with E-state index in [2.05, 4.69) is 4.74 Å². The number of esters is 1. The molecular formula is C11H20O3. The maximum absolute atomic E-state index is 11.9. The number of ketones is 1. The van der Waals surface area contributed by atoms with Crippen LogP contribution in [0.5, 0.6) is 0 Å². The smallest absolute Gasteiger partial charge is 0.316 e. The number of hydrogen-bond donors (Lipinski definition) is 0. The first-order chi connectivity index (χ1) is 6.21. The third-order valence-electron chi connectivity index (χ3n) is 2.14. The van der Waals surface area contributed by atoms with Crippen LogP contribution in [-0.2, 0) is 14.3 Å². The van der Waals surface area contributed by atoms with E-state index in [0.717, 1.165) is 0 Å². The monoisotopic (exact) mass is 200 g/mol. The molecule has 0 rings (SSSR count). The number of hydrogen-bond acceptors (Lipinski definition) is 3. The van der Waals surface area contributed by atoms with E-state index in [1.54, 1.807) is 0 Å². The Morgan fingerprint density at radius 1 is 1.14 bits per heavy atom. The fraction of sp³-hybridized carbons (Fsp3) is 0.818. The molecule has 0 aromatic heterocycles. The zero-order valence-electron chi connectivity index (χ0n) is 9.88. The Hall–Kier alpha value is -0.860. The molecule has 3 nitrogen and oxygen atoms in total. The van der Waals surface area contributed by atoms with Gasteiger partial charge < -0.3 is 4.74 Å². The van der Waals surface area contributed by atoms with Gasteiger partial charge in [-0.3, -0.25) is 9.59 Å². The number of rotatable bonds is 3. The molecule has 0 amide bonds. The van der Waals surface area contributed by atoms with E-state index in [1.807, 2.05) is 34.6 Å². The molecule has 3 heteroatoms. The fourth-order valence-corrected chi connectivity index (χ4v) is 1.28. The van der Waals surface area contributed by atoms with Crippen molar-refractivity contribution >= 4 is 11.8 Å². The number of carbonyl (C=O) groups is 2. The van der Waals surface area contributed by atoms with Crippen molar-refractivity contribution in [3.05, 3.63) is 0 Å². The molecule has 0 aliphatic carbocycles. The molecule has 0 spiro atoms. The lowest BCUT2D eigenvalue weighted by Crippen LogP contribution is -2.37. The van der Waals surface area contributed by atoms with Gasteiger partial charge in [-0.05, 0) is 5.92 Å². The SMILES string of the molecule is COC(=O)C(C(=O)C(C)(C)C)C(C)C. The van der Waals surface area contributed by atoms with Crippen molar-refractivity contribution in [2.24, 2.45) is 17.3 Å². The molecule has 0 aliphatic heterocycles. The van der Waals surface area contributed by atoms with Gasteiger partial charge in [0.1, 0.15) is 5.92 Å². The molecule has 0 radical (unpaired) electrons. The minimum Gasteiger partial charge on any atom is -0.468 e. The van der Waals surface area contributed by atoms with Gasteiger partial charge in [0.05, 0.1) is 7.11 Å². The number of methoxy groups -OCH3 is 1. The first-order valence-corrected chi connectivity index (χ1v) is 4.84. The summed E-state index contributed by atoms with van der Waals surface area (Å²) in [4.78, 5) is 23.3. The van der Waals surface area contributed by atoms with Crippen molar-refractivity contribution < 1.29 is 14.3 Å². The third-order valence-corrected chi connectivity index (χ3v) is 2.14. The van der Waals surface area contributed by atoms with Gasteiger partial charge in [-0.1, -0.05) is 34.6 Å². The summed E-state index contributed by atoms with van der Waals surface area (Å²) in [6.07, 6.45) is 0. The van der Waals surface area contributed by atoms with Gasteiger partial charge in [0.2, 0.25) is 0 Å². The zero-order valence-corrected chi connectivity index (χ0v) is 9.88. The highest BCUT2D eigenvalue weighted by Crippen LogP contribution is 2.25. The Bertz CT molecular complexity index is 223. The molecule has 0 saturated carbocycles. The van der Waals surface area contributed by atoms with E-state index < -0.39 is 17.3 Å². The second kappa shape index (κ2) is 4.58. The largest absolute Gasteiger partial charge is 0.468 e. The molecule has 0 fully saturated rings. The maximum atomic E-state index is 11.9. The second-order valence-electron chi connectivity index (χ2n) is 4.86. The summed E-state index contributed by atoms with van der Waals surface area (Å²) >= 11 is 0. The van der Waals surface area contributed by atoms with E-state index in [-0.39, 0.29) is 11.7 Å². The Morgan fingerprint density at radius 2 is 1.57 bits per heavy atom. The molecule has 82 valence electrons. The summed E-state index contributed by atoms with van der Waals surface area (Å²) in [5, 5.41) is 0. The van der Waals surface area contributed by atoms with Crippen LogP contribution in [0.4, 0.5) is 0 Å². The number of ether oxygens (including phenoxy) is 1. The van der Waals surface area contributed by atoms with Crippen molar-refractivity contribution in [1.29, 1.82) is 0 Å². The van der Waals surface area contributed by atoms with Crippen LogP contribution in [0.15, 0.2) is 0 Å². The molecular weight excluding hydrogens is 180 g/mol. The Balaban J connectivity index is 4.86. The normalized spacial score (nSPS) is 13.9. The molecule has 0 aromatic rings. The summed E-state index contributed by atoms with van der Waals surface area (Å²) in [5.74, 6) is -1.14. The quantitative estimate of drug-likeness (QED) is 0.517. The van der Waals surface area contributed by atoms with Gasteiger partial charge >= 0.3 is 5.97 Å². The molecule has 0 saturated heterocycles. The predicted octanol–water partition coefficient (Wildman–Crippen LogP) is 2.05. The Kier molecular flexibility index (Phi) is 4.30. The summed E-state index contributed by atoms with van der Waals surface area (Å²) in [6, 6.07) is 0. The standard InChI is InChI=1S/C11H20O3/c1-7(2)8(10(13)14-6)9(12)11(3,4)5/h7-8H,1-6H3. The molecule has 1 atom stereocenters. The van der Waals surface area contributed by atoms with Gasteiger partial charge in [-0.25, -0.2) is 0 Å². The highest BCUT2D eigenvalue weighted by molar-refractivity contribution is 6.01. The van der Waals surface area contributed by atoms with Crippen molar-refractivity contribution in [1.82, 2.24) is 0 Å². The van der Waals surface area contributed by atoms with E-state index in [4.69, 9.17) is 0 Å². The van der Waals surface area contributed by atoms with E-state index >= 15 is 0 Å². The second-order valence-corrected chi connectivity index (χ2v) is 4.86. The highest BCUT2D eigenvalue weighted by atomic mass is 16.5. The van der Waals surface area contributed by atoms with E-state index in [9.17, 15) is 9.59 Å². The van der Waals surface area contributed by atoms with Crippen LogP contribution in [0.3, 0.4) is 0 Å². The van der Waals surface area contributed by atoms with Crippen LogP contribution >= 0.6 is 0 Å². The van der Waals surface area contributed by atoms with E-state index in [0.29, 0.717) is 0 Å². The highest BCUT2D eigenvalue weighted by Gasteiger charge is 2.37. The summed E-state index contributed by atoms with van der Waals surface area (Å²) in [7, 11) is 1.31. The Labute approximate surface area is 85.8 Å². The van der Waals surface area contributed by atoms with Crippen LogP contribution in [0, 0.1) is 17.3 Å². The lowest BCUT2D eigenvalue weighted by atomic mass is 9.78. The van der Waals surface area contributed by atoms with Crippen LogP contribution in [0.2, 0.25) is 0 Å². The average Bonchev–Trinajstić information content (AvgIpc) is 2.01. The van der Waals surface area contributed by atoms with Gasteiger partial charge in [-0.15, -0.1) is 0 Å². The van der Waals surface area contributed by atoms with Crippen LogP contribution in [0.1, 0.15) is 34.6 Å². The maximum Gasteiger partial charge on any atom is 0.316 e. The average molecular weight is 200 g/mol. The van der Waals surface area contributed by atoms with Crippen LogP contribution in [0.25, 0.3) is 0 Å². The van der Waals surface area contributed by atoms with Gasteiger partial charge in [0, 0.05) is 5.41 Å². The first-order valence-electron chi connectivity index (χ1n) is 4.84. The topological polar surface area (TPSA) is 43.4 Å². The fourth-order valence-electron chi connectivity index (χ4n) is 1.28. The summed E-state index contributed by atoms with van der Waals surface area (Å²) in [5.41, 5.74) is -0.497. The number of carbonyl (C=O) groups excluding carboxylic acids is 2. The van der Waals surface area contributed by atoms with Gasteiger partial charge in [0.15, 0.2) is 5.78 Å². The zero-order chi connectivity index (χ0) is 11.5. The number of Topliss-reactive ketones (excluding diaryl/α,β-unsaturated/α-hetero) is 1. The molecule has 1 unspecified atom stereocenters. The van der Waals surface area contributed by atoms with Crippen LogP contribution in [-0.4, -0.2) is 18.9 Å². The minimum absolute atomic E-state index is 0.0193. The predicted molar refractivity (Wildman–Crippen MR) is 54.8 cm³/mol. The van der Waals surface area contributed by atoms with Gasteiger partial charge in [0.25, 0.3) is 0 Å². The first kappa shape index (κ1) is 13.1. The van der Waals surface area contributed by atoms with E-state index in [1.165, 1.54) is 7.11 Å². The molecule has 0 N–H and O–H groups in total. The minimum atomic E-state index is -0.639. The Morgan fingerprint density at radius 3 is 1.79 bits per heavy atom. The lowest BCUT2D eigenvalue weighted by molar-refractivity contribution is -0.153. The molecule has 0 heterocycles. The summed E-state index contributed by atoms with van der Waals surface area (Å²) in [6.45, 7) is 9.14. The molecule has 0 aromatic carbocycles. The van der Waals surface area contributed by atoms with Crippen molar-refractivity contribution in [2.45, 2.75) is 34.6 Å². The molecule has 0 aliphatic rings. The molecule has 14 heavy (non-hydrogen) atoms. The van der Waals surface area contributed by atoms with Crippen molar-refractivity contribution in [2.75, 3.05) is 7.11 Å². The molecule has 0 bridgehead atoms. The summed E-state index contributed by atoms with van der Waals surface area (Å²) < 4.78 is 4.63. The van der Waals surface area contributed by atoms with Crippen molar-refractivity contribution in [3.63, 3.8) is 0 Å².